The lowest BCUT2D eigenvalue weighted by atomic mass is 9.95. The van der Waals surface area contributed by atoms with E-state index in [9.17, 15) is 4.79 Å². The van der Waals surface area contributed by atoms with Gasteiger partial charge in [-0.25, -0.2) is 4.98 Å². The fourth-order valence-corrected chi connectivity index (χ4v) is 3.80. The van der Waals surface area contributed by atoms with Crippen molar-refractivity contribution in [1.82, 2.24) is 19.9 Å². The van der Waals surface area contributed by atoms with E-state index in [0.717, 1.165) is 66.0 Å². The minimum absolute atomic E-state index is 0.0509. The van der Waals surface area contributed by atoms with Crippen LogP contribution in [-0.4, -0.2) is 40.1 Å². The summed E-state index contributed by atoms with van der Waals surface area (Å²) < 4.78 is 5.34. The third-order valence-corrected chi connectivity index (χ3v) is 5.20. The van der Waals surface area contributed by atoms with E-state index >= 15 is 0 Å². The van der Waals surface area contributed by atoms with Gasteiger partial charge >= 0.3 is 0 Å². The Kier molecular flexibility index (Phi) is 4.51. The molecule has 6 nitrogen and oxygen atoms in total. The van der Waals surface area contributed by atoms with Crippen LogP contribution in [0.4, 0.5) is 0 Å². The maximum absolute atomic E-state index is 12.9. The minimum Gasteiger partial charge on any atom is -0.497 e. The van der Waals surface area contributed by atoms with Gasteiger partial charge in [0.2, 0.25) is 0 Å². The van der Waals surface area contributed by atoms with Gasteiger partial charge in [0, 0.05) is 35.1 Å². The molecule has 0 saturated heterocycles. The highest BCUT2D eigenvalue weighted by atomic mass is 16.5. The number of nitrogens with zero attached hydrogens (tertiary/aromatic N) is 2. The van der Waals surface area contributed by atoms with Crippen molar-refractivity contribution in [2.24, 2.45) is 0 Å². The number of fused-ring (bicyclic) bond motifs is 2. The van der Waals surface area contributed by atoms with Gasteiger partial charge < -0.3 is 14.7 Å². The normalized spacial score (nSPS) is 17.4. The SMILES string of the molecule is CCCCN1CCc2[nH]cnc2C1c1cc2cc(OC)ccc2[nH]c1=O. The molecule has 1 aliphatic rings. The van der Waals surface area contributed by atoms with Crippen LogP contribution in [0.3, 0.4) is 0 Å². The van der Waals surface area contributed by atoms with Gasteiger partial charge in [0.15, 0.2) is 0 Å². The molecule has 4 rings (SSSR count). The fraction of sp³-hybridized carbons (Fsp3) is 0.400. The third kappa shape index (κ3) is 2.90. The minimum atomic E-state index is -0.115. The lowest BCUT2D eigenvalue weighted by Crippen LogP contribution is -2.39. The first-order valence-electron chi connectivity index (χ1n) is 9.18. The first-order valence-corrected chi connectivity index (χ1v) is 9.18. The van der Waals surface area contributed by atoms with Crippen molar-refractivity contribution in [3.05, 3.63) is 57.9 Å². The smallest absolute Gasteiger partial charge is 0.253 e. The number of aromatic amines is 2. The summed E-state index contributed by atoms with van der Waals surface area (Å²) >= 11 is 0. The molecule has 0 spiro atoms. The Morgan fingerprint density at radius 3 is 3.04 bits per heavy atom. The van der Waals surface area contributed by atoms with Crippen LogP contribution in [0.15, 0.2) is 35.4 Å². The zero-order valence-electron chi connectivity index (χ0n) is 15.2. The van der Waals surface area contributed by atoms with Crippen LogP contribution in [-0.2, 0) is 6.42 Å². The van der Waals surface area contributed by atoms with Crippen molar-refractivity contribution in [3.63, 3.8) is 0 Å². The van der Waals surface area contributed by atoms with Crippen LogP contribution >= 0.6 is 0 Å². The number of benzene rings is 1. The highest BCUT2D eigenvalue weighted by molar-refractivity contribution is 5.80. The molecule has 0 bridgehead atoms. The number of hydrogen-bond acceptors (Lipinski definition) is 4. The van der Waals surface area contributed by atoms with Gasteiger partial charge in [0.25, 0.3) is 5.56 Å². The molecule has 1 unspecified atom stereocenters. The maximum Gasteiger partial charge on any atom is 0.253 e. The number of nitrogens with one attached hydrogen (secondary N) is 2. The Balaban J connectivity index is 1.85. The van der Waals surface area contributed by atoms with E-state index in [1.54, 1.807) is 13.4 Å². The summed E-state index contributed by atoms with van der Waals surface area (Å²) in [6.45, 7) is 4.08. The van der Waals surface area contributed by atoms with E-state index in [0.29, 0.717) is 0 Å². The molecule has 136 valence electrons. The van der Waals surface area contributed by atoms with Crippen LogP contribution < -0.4 is 10.3 Å². The number of ether oxygens (including phenoxy) is 1. The van der Waals surface area contributed by atoms with Gasteiger partial charge in [0.1, 0.15) is 5.75 Å². The number of hydrogen-bond donors (Lipinski definition) is 2. The molecule has 0 amide bonds. The van der Waals surface area contributed by atoms with Crippen molar-refractivity contribution < 1.29 is 4.74 Å². The molecule has 1 aliphatic heterocycles. The van der Waals surface area contributed by atoms with E-state index in [1.807, 2.05) is 24.3 Å². The van der Waals surface area contributed by atoms with E-state index in [2.05, 4.69) is 26.8 Å². The molecule has 26 heavy (non-hydrogen) atoms. The van der Waals surface area contributed by atoms with Crippen molar-refractivity contribution in [2.45, 2.75) is 32.2 Å². The zero-order chi connectivity index (χ0) is 18.1. The Morgan fingerprint density at radius 2 is 2.23 bits per heavy atom. The van der Waals surface area contributed by atoms with E-state index in [1.165, 1.54) is 0 Å². The average Bonchev–Trinajstić information content (AvgIpc) is 3.14. The maximum atomic E-state index is 12.9. The summed E-state index contributed by atoms with van der Waals surface area (Å²) in [5, 5.41) is 0.969. The molecule has 6 heteroatoms. The number of methoxy groups -OCH3 is 1. The first-order chi connectivity index (χ1) is 12.7. The monoisotopic (exact) mass is 352 g/mol. The summed E-state index contributed by atoms with van der Waals surface area (Å²) in [6, 6.07) is 7.58. The zero-order valence-corrected chi connectivity index (χ0v) is 15.2. The molecule has 0 radical (unpaired) electrons. The summed E-state index contributed by atoms with van der Waals surface area (Å²) in [5.41, 5.74) is 3.62. The van der Waals surface area contributed by atoms with Crippen LogP contribution in [0, 0.1) is 0 Å². The molecule has 3 aromatic rings. The predicted molar refractivity (Wildman–Crippen MR) is 102 cm³/mol. The van der Waals surface area contributed by atoms with Gasteiger partial charge in [-0.15, -0.1) is 0 Å². The standard InChI is InChI=1S/C20H24N4O2/c1-3-4-8-24-9-7-17-18(22-12-21-17)19(24)15-11-13-10-14(26-2)5-6-16(13)23-20(15)25/h5-6,10-12,19H,3-4,7-9H2,1-2H3,(H,21,22)(H,23,25). The molecular weight excluding hydrogens is 328 g/mol. The highest BCUT2D eigenvalue weighted by Crippen LogP contribution is 2.33. The van der Waals surface area contributed by atoms with Crippen molar-refractivity contribution in [3.8, 4) is 5.75 Å². The Labute approximate surface area is 152 Å². The highest BCUT2D eigenvalue weighted by Gasteiger charge is 2.32. The fourth-order valence-electron chi connectivity index (χ4n) is 3.80. The Hall–Kier alpha value is -2.60. The molecule has 1 aromatic carbocycles. The molecule has 0 fully saturated rings. The second-order valence-electron chi connectivity index (χ2n) is 6.82. The van der Waals surface area contributed by atoms with E-state index in [4.69, 9.17) is 4.74 Å². The molecular formula is C20H24N4O2. The molecule has 0 saturated carbocycles. The summed E-state index contributed by atoms with van der Waals surface area (Å²) in [6.07, 6.45) is 4.91. The molecule has 2 N–H and O–H groups in total. The Morgan fingerprint density at radius 1 is 1.35 bits per heavy atom. The topological polar surface area (TPSA) is 74.0 Å². The van der Waals surface area contributed by atoms with Crippen molar-refractivity contribution >= 4 is 10.9 Å². The average molecular weight is 352 g/mol. The third-order valence-electron chi connectivity index (χ3n) is 5.20. The van der Waals surface area contributed by atoms with Crippen molar-refractivity contribution in [2.75, 3.05) is 20.2 Å². The Bertz CT molecular complexity index is 975. The molecule has 2 aromatic heterocycles. The van der Waals surface area contributed by atoms with E-state index < -0.39 is 0 Å². The number of H-pyrrole nitrogens is 2. The lowest BCUT2D eigenvalue weighted by Gasteiger charge is -2.34. The first kappa shape index (κ1) is 16.8. The molecule has 1 atom stereocenters. The van der Waals surface area contributed by atoms with Gasteiger partial charge in [-0.05, 0) is 37.2 Å². The van der Waals surface area contributed by atoms with Crippen LogP contribution in [0.5, 0.6) is 5.75 Å². The predicted octanol–water partition coefficient (Wildman–Crippen LogP) is 3.01. The van der Waals surface area contributed by atoms with Gasteiger partial charge in [-0.2, -0.15) is 0 Å². The van der Waals surface area contributed by atoms with Crippen LogP contribution in [0.1, 0.15) is 42.8 Å². The number of imidazole rings is 1. The molecule has 0 aliphatic carbocycles. The second kappa shape index (κ2) is 6.96. The quantitative estimate of drug-likeness (QED) is 0.740. The van der Waals surface area contributed by atoms with Gasteiger partial charge in [-0.3, -0.25) is 9.69 Å². The number of unbranched alkanes of at least 4 members (excludes halogenated alkanes) is 1. The molecule has 3 heterocycles. The van der Waals surface area contributed by atoms with Crippen molar-refractivity contribution in [1.29, 1.82) is 0 Å². The summed E-state index contributed by atoms with van der Waals surface area (Å²) in [7, 11) is 1.65. The van der Waals surface area contributed by atoms with Gasteiger partial charge in [0.05, 0.1) is 25.2 Å². The number of pyridine rings is 1. The number of rotatable bonds is 5. The van der Waals surface area contributed by atoms with Crippen LogP contribution in [0.2, 0.25) is 0 Å². The second-order valence-corrected chi connectivity index (χ2v) is 6.82. The lowest BCUT2D eigenvalue weighted by molar-refractivity contribution is 0.205. The van der Waals surface area contributed by atoms with Gasteiger partial charge in [-0.1, -0.05) is 13.3 Å². The summed E-state index contributed by atoms with van der Waals surface area (Å²) in [5.74, 6) is 0.780. The van der Waals surface area contributed by atoms with E-state index in [-0.39, 0.29) is 11.6 Å². The largest absolute Gasteiger partial charge is 0.497 e. The summed E-state index contributed by atoms with van der Waals surface area (Å²) in [4.78, 5) is 26.1. The van der Waals surface area contributed by atoms with Crippen LogP contribution in [0.25, 0.3) is 10.9 Å². The number of aromatic nitrogens is 3.